The molecule has 0 saturated heterocycles. The smallest absolute Gasteiger partial charge is 0.411 e. The van der Waals surface area contributed by atoms with Gasteiger partial charge >= 0.3 is 6.09 Å². The van der Waals surface area contributed by atoms with Crippen LogP contribution in [-0.4, -0.2) is 29.7 Å². The highest BCUT2D eigenvalue weighted by molar-refractivity contribution is 5.93. The average molecular weight is 438 g/mol. The average Bonchev–Trinajstić information content (AvgIpc) is 3.06. The highest BCUT2D eigenvalue weighted by atomic mass is 19.1. The number of carbonyl (C=O) groups is 2. The largest absolute Gasteiger partial charge is 0.453 e. The number of halogens is 1. The van der Waals surface area contributed by atoms with Crippen LogP contribution in [-0.2, 0) is 28.9 Å². The predicted molar refractivity (Wildman–Crippen MR) is 122 cm³/mol. The molecule has 1 aliphatic carbocycles. The van der Waals surface area contributed by atoms with Crippen molar-refractivity contribution in [1.29, 1.82) is 0 Å². The summed E-state index contributed by atoms with van der Waals surface area (Å²) >= 11 is 0. The van der Waals surface area contributed by atoms with Gasteiger partial charge in [-0.2, -0.15) is 0 Å². The number of rotatable bonds is 5. The Morgan fingerprint density at radius 3 is 2.75 bits per heavy atom. The number of hydrogen-bond donors (Lipinski definition) is 2. The third-order valence-electron chi connectivity index (χ3n) is 6.00. The van der Waals surface area contributed by atoms with E-state index in [1.54, 1.807) is 12.1 Å². The number of benzene rings is 2. The maximum atomic E-state index is 13.8. The Bertz CT molecular complexity index is 1170. The van der Waals surface area contributed by atoms with Crippen molar-refractivity contribution in [3.8, 4) is 0 Å². The Morgan fingerprint density at radius 2 is 2.03 bits per heavy atom. The fraction of sp³-hybridized carbons (Fsp3) is 0.360. The van der Waals surface area contributed by atoms with E-state index in [1.807, 2.05) is 38.1 Å². The van der Waals surface area contributed by atoms with Crippen molar-refractivity contribution in [2.75, 3.05) is 12.4 Å². The van der Waals surface area contributed by atoms with Crippen LogP contribution in [0.2, 0.25) is 0 Å². The molecule has 32 heavy (non-hydrogen) atoms. The van der Waals surface area contributed by atoms with Gasteiger partial charge in [0.05, 0.1) is 7.11 Å². The van der Waals surface area contributed by atoms with Gasteiger partial charge in [0.2, 0.25) is 5.91 Å². The van der Waals surface area contributed by atoms with E-state index in [-0.39, 0.29) is 23.7 Å². The Balaban J connectivity index is 1.75. The second-order valence-electron chi connectivity index (χ2n) is 8.59. The Labute approximate surface area is 186 Å². The van der Waals surface area contributed by atoms with Crippen molar-refractivity contribution in [3.05, 3.63) is 65.1 Å². The Morgan fingerprint density at radius 1 is 1.22 bits per heavy atom. The molecule has 0 fully saturated rings. The molecule has 1 aromatic heterocycles. The lowest BCUT2D eigenvalue weighted by Gasteiger charge is -2.26. The SMILES string of the molecule is COC(=O)Nc1ccc2c(c1)c1c(n2Cc2cccc(F)c2)CC[C@@H](NC(=O)C(C)C)C1. The quantitative estimate of drug-likeness (QED) is 0.611. The number of nitrogens with one attached hydrogen (secondary N) is 2. The second-order valence-corrected chi connectivity index (χ2v) is 8.59. The molecule has 168 valence electrons. The molecule has 1 atom stereocenters. The van der Waals surface area contributed by atoms with Crippen LogP contribution >= 0.6 is 0 Å². The molecule has 1 aliphatic rings. The monoisotopic (exact) mass is 437 g/mol. The molecule has 0 aliphatic heterocycles. The molecule has 0 saturated carbocycles. The molecular weight excluding hydrogens is 409 g/mol. The van der Waals surface area contributed by atoms with Gasteiger partial charge in [0.15, 0.2) is 0 Å². The Hall–Kier alpha value is -3.35. The van der Waals surface area contributed by atoms with E-state index < -0.39 is 6.09 Å². The number of aromatic nitrogens is 1. The third-order valence-corrected chi connectivity index (χ3v) is 6.00. The molecule has 7 heteroatoms. The van der Waals surface area contributed by atoms with Crippen molar-refractivity contribution >= 4 is 28.6 Å². The molecule has 3 aromatic rings. The molecule has 0 radical (unpaired) electrons. The molecule has 6 nitrogen and oxygen atoms in total. The third kappa shape index (κ3) is 4.47. The summed E-state index contributed by atoms with van der Waals surface area (Å²) in [5.41, 5.74) is 4.89. The molecule has 0 unspecified atom stereocenters. The molecule has 2 aromatic carbocycles. The summed E-state index contributed by atoms with van der Waals surface area (Å²) in [6.45, 7) is 4.33. The number of anilines is 1. The number of carbonyl (C=O) groups excluding carboxylic acids is 2. The number of hydrogen-bond acceptors (Lipinski definition) is 3. The molecule has 1 heterocycles. The first-order chi connectivity index (χ1) is 15.4. The van der Waals surface area contributed by atoms with Crippen molar-refractivity contribution in [2.24, 2.45) is 5.92 Å². The van der Waals surface area contributed by atoms with Gasteiger partial charge in [-0.25, -0.2) is 9.18 Å². The molecule has 0 spiro atoms. The second kappa shape index (κ2) is 9.02. The first kappa shape index (κ1) is 21.9. The zero-order valence-corrected chi connectivity index (χ0v) is 18.6. The summed E-state index contributed by atoms with van der Waals surface area (Å²) in [5.74, 6) is -0.273. The van der Waals surface area contributed by atoms with Crippen LogP contribution in [0.5, 0.6) is 0 Å². The van der Waals surface area contributed by atoms with Crippen LogP contribution in [0.15, 0.2) is 42.5 Å². The number of fused-ring (bicyclic) bond motifs is 3. The summed E-state index contributed by atoms with van der Waals surface area (Å²) < 4.78 is 20.7. The molecule has 2 amide bonds. The first-order valence-electron chi connectivity index (χ1n) is 10.9. The van der Waals surface area contributed by atoms with Crippen molar-refractivity contribution in [2.45, 2.75) is 45.7 Å². The van der Waals surface area contributed by atoms with Crippen molar-refractivity contribution in [3.63, 3.8) is 0 Å². The lowest BCUT2D eigenvalue weighted by atomic mass is 9.91. The van der Waals surface area contributed by atoms with Crippen LogP contribution in [0, 0.1) is 11.7 Å². The zero-order chi connectivity index (χ0) is 22.8. The van der Waals surface area contributed by atoms with E-state index in [2.05, 4.69) is 15.2 Å². The van der Waals surface area contributed by atoms with Gasteiger partial charge in [-0.15, -0.1) is 0 Å². The lowest BCUT2D eigenvalue weighted by Crippen LogP contribution is -2.41. The van der Waals surface area contributed by atoms with Crippen molar-refractivity contribution in [1.82, 2.24) is 9.88 Å². The van der Waals surface area contributed by atoms with Gasteiger partial charge in [0.25, 0.3) is 0 Å². The van der Waals surface area contributed by atoms with Gasteiger partial charge in [0, 0.05) is 40.8 Å². The van der Waals surface area contributed by atoms with E-state index >= 15 is 0 Å². The van der Waals surface area contributed by atoms with E-state index in [1.165, 1.54) is 18.9 Å². The van der Waals surface area contributed by atoms with E-state index in [9.17, 15) is 14.0 Å². The summed E-state index contributed by atoms with van der Waals surface area (Å²) in [4.78, 5) is 24.0. The van der Waals surface area contributed by atoms with Gasteiger partial charge in [-0.3, -0.25) is 10.1 Å². The summed E-state index contributed by atoms with van der Waals surface area (Å²) in [5, 5.41) is 6.91. The predicted octanol–water partition coefficient (Wildman–Crippen LogP) is 4.64. The highest BCUT2D eigenvalue weighted by Gasteiger charge is 2.27. The van der Waals surface area contributed by atoms with Gasteiger partial charge < -0.3 is 14.6 Å². The number of ether oxygens (including phenoxy) is 1. The maximum absolute atomic E-state index is 13.8. The van der Waals surface area contributed by atoms with E-state index in [0.29, 0.717) is 18.7 Å². The van der Waals surface area contributed by atoms with Crippen LogP contribution in [0.25, 0.3) is 10.9 Å². The zero-order valence-electron chi connectivity index (χ0n) is 18.6. The van der Waals surface area contributed by atoms with Crippen molar-refractivity contribution < 1.29 is 18.7 Å². The minimum atomic E-state index is -0.528. The fourth-order valence-electron chi connectivity index (χ4n) is 4.39. The maximum Gasteiger partial charge on any atom is 0.411 e. The fourth-order valence-corrected chi connectivity index (χ4v) is 4.39. The summed E-state index contributed by atoms with van der Waals surface area (Å²) in [6.07, 6.45) is 1.84. The summed E-state index contributed by atoms with van der Waals surface area (Å²) in [7, 11) is 1.33. The minimum Gasteiger partial charge on any atom is -0.453 e. The van der Waals surface area contributed by atoms with Gasteiger partial charge in [-0.1, -0.05) is 26.0 Å². The van der Waals surface area contributed by atoms with Gasteiger partial charge in [-0.05, 0) is 60.7 Å². The first-order valence-corrected chi connectivity index (χ1v) is 10.9. The minimum absolute atomic E-state index is 0.0509. The van der Waals surface area contributed by atoms with E-state index in [0.717, 1.165) is 34.9 Å². The Kier molecular flexibility index (Phi) is 6.17. The van der Waals surface area contributed by atoms with Crippen LogP contribution in [0.3, 0.4) is 0 Å². The lowest BCUT2D eigenvalue weighted by molar-refractivity contribution is -0.124. The number of amides is 2. The standard InChI is InChI=1S/C25H28FN3O3/c1-15(2)24(30)27-18-7-9-22-20(12-18)21-13-19(28-25(31)32-3)8-10-23(21)29(22)14-16-5-4-6-17(26)11-16/h4-6,8,10-11,13,15,18H,7,9,12,14H2,1-3H3,(H,27,30)(H,28,31)/t18-/m1/s1. The van der Waals surface area contributed by atoms with E-state index in [4.69, 9.17) is 4.74 Å². The number of nitrogens with zero attached hydrogens (tertiary/aromatic N) is 1. The molecule has 0 bridgehead atoms. The van der Waals surface area contributed by atoms with Crippen LogP contribution in [0.1, 0.15) is 37.1 Å². The number of methoxy groups -OCH3 is 1. The highest BCUT2D eigenvalue weighted by Crippen LogP contribution is 2.34. The molecular formula is C25H28FN3O3. The summed E-state index contributed by atoms with van der Waals surface area (Å²) in [6, 6.07) is 12.5. The van der Waals surface area contributed by atoms with Crippen LogP contribution < -0.4 is 10.6 Å². The normalized spacial score (nSPS) is 15.5. The van der Waals surface area contributed by atoms with Gasteiger partial charge in [0.1, 0.15) is 5.82 Å². The molecule has 2 N–H and O–H groups in total. The molecule has 4 rings (SSSR count). The van der Waals surface area contributed by atoms with Crippen LogP contribution in [0.4, 0.5) is 14.9 Å². The topological polar surface area (TPSA) is 72.4 Å².